The number of rotatable bonds is 7. The molecular weight excluding hydrogens is 319 g/mol. The van der Waals surface area contributed by atoms with Gasteiger partial charge in [0.2, 0.25) is 5.91 Å². The van der Waals surface area contributed by atoms with E-state index >= 15 is 0 Å². The van der Waals surface area contributed by atoms with Gasteiger partial charge in [0.1, 0.15) is 11.6 Å². The number of piperidine rings is 1. The number of amides is 1. The highest BCUT2D eigenvalue weighted by atomic mass is 19.1. The predicted molar refractivity (Wildman–Crippen MR) is 94.4 cm³/mol. The summed E-state index contributed by atoms with van der Waals surface area (Å²) in [4.78, 5) is 14.7. The van der Waals surface area contributed by atoms with Crippen molar-refractivity contribution in [2.45, 2.75) is 32.2 Å². The normalized spacial score (nSPS) is 18.2. The summed E-state index contributed by atoms with van der Waals surface area (Å²) in [6, 6.07) is 10.4. The second-order valence-electron chi connectivity index (χ2n) is 6.67. The first kappa shape index (κ1) is 17.7. The first-order valence-electron chi connectivity index (χ1n) is 8.97. The molecule has 1 amide bonds. The summed E-state index contributed by atoms with van der Waals surface area (Å²) in [6.07, 6.45) is 5.35. The predicted octanol–water partition coefficient (Wildman–Crippen LogP) is 3.38. The molecule has 4 nitrogen and oxygen atoms in total. The van der Waals surface area contributed by atoms with Crippen LogP contribution in [0.3, 0.4) is 0 Å². The number of hydrogen-bond donors (Lipinski definition) is 1. The lowest BCUT2D eigenvalue weighted by Gasteiger charge is -2.32. The molecule has 0 aliphatic carbocycles. The Morgan fingerprint density at radius 1 is 1.28 bits per heavy atom. The van der Waals surface area contributed by atoms with Gasteiger partial charge in [0.25, 0.3) is 0 Å². The Hall–Kier alpha value is -2.14. The Balaban J connectivity index is 1.40. The number of hydrogen-bond acceptors (Lipinski definition) is 3. The van der Waals surface area contributed by atoms with E-state index in [1.165, 1.54) is 12.1 Å². The molecule has 0 spiro atoms. The van der Waals surface area contributed by atoms with E-state index in [0.29, 0.717) is 6.54 Å². The van der Waals surface area contributed by atoms with Crippen LogP contribution in [0.4, 0.5) is 4.39 Å². The van der Waals surface area contributed by atoms with Gasteiger partial charge in [-0.3, -0.25) is 9.69 Å². The molecule has 2 heterocycles. The molecule has 1 aliphatic heterocycles. The highest BCUT2D eigenvalue weighted by Gasteiger charge is 2.25. The summed E-state index contributed by atoms with van der Waals surface area (Å²) in [6.45, 7) is 3.19. The minimum absolute atomic E-state index is 0.0396. The molecule has 0 bridgehead atoms. The quantitative estimate of drug-likeness (QED) is 0.783. The third-order valence-corrected chi connectivity index (χ3v) is 4.68. The monoisotopic (exact) mass is 344 g/mol. The minimum Gasteiger partial charge on any atom is -0.469 e. The van der Waals surface area contributed by atoms with Gasteiger partial charge in [0.05, 0.1) is 12.2 Å². The smallest absolute Gasteiger partial charge is 0.224 e. The van der Waals surface area contributed by atoms with E-state index in [4.69, 9.17) is 4.42 Å². The fraction of sp³-hybridized carbons (Fsp3) is 0.450. The largest absolute Gasteiger partial charge is 0.469 e. The van der Waals surface area contributed by atoms with Crippen LogP contribution in [-0.4, -0.2) is 30.4 Å². The van der Waals surface area contributed by atoms with Gasteiger partial charge in [-0.15, -0.1) is 0 Å². The second-order valence-corrected chi connectivity index (χ2v) is 6.67. The zero-order valence-electron chi connectivity index (χ0n) is 14.4. The Labute approximate surface area is 148 Å². The van der Waals surface area contributed by atoms with E-state index in [0.717, 1.165) is 56.6 Å². The van der Waals surface area contributed by atoms with Crippen LogP contribution in [0, 0.1) is 11.7 Å². The molecule has 1 aromatic heterocycles. The molecule has 1 aromatic carbocycles. The average molecular weight is 344 g/mol. The molecule has 2 aromatic rings. The van der Waals surface area contributed by atoms with E-state index in [2.05, 4.69) is 10.2 Å². The van der Waals surface area contributed by atoms with Crippen molar-refractivity contribution < 1.29 is 13.6 Å². The van der Waals surface area contributed by atoms with Gasteiger partial charge < -0.3 is 9.73 Å². The van der Waals surface area contributed by atoms with E-state index in [1.54, 1.807) is 6.26 Å². The van der Waals surface area contributed by atoms with E-state index in [1.807, 2.05) is 24.3 Å². The number of benzene rings is 1. The average Bonchev–Trinajstić information content (AvgIpc) is 3.14. The molecule has 1 fully saturated rings. The van der Waals surface area contributed by atoms with Crippen molar-refractivity contribution in [3.63, 3.8) is 0 Å². The van der Waals surface area contributed by atoms with Gasteiger partial charge in [-0.05, 0) is 55.6 Å². The fourth-order valence-electron chi connectivity index (χ4n) is 3.33. The van der Waals surface area contributed by atoms with Crippen molar-refractivity contribution in [2.75, 3.05) is 19.6 Å². The molecule has 25 heavy (non-hydrogen) atoms. The maximum absolute atomic E-state index is 13.0. The third kappa shape index (κ3) is 5.43. The summed E-state index contributed by atoms with van der Waals surface area (Å²) < 4.78 is 18.3. The van der Waals surface area contributed by atoms with Crippen molar-refractivity contribution in [1.29, 1.82) is 0 Å². The van der Waals surface area contributed by atoms with Gasteiger partial charge in [0, 0.05) is 26.1 Å². The standard InChI is InChI=1S/C20H25FN2O2/c21-18-9-7-16(8-10-18)14-23-12-2-4-17(15-23)20(24)22-11-1-5-19-6-3-13-25-19/h3,6-10,13,17H,1-2,4-5,11-12,14-15H2,(H,22,24). The summed E-state index contributed by atoms with van der Waals surface area (Å²) in [5.74, 6) is 0.924. The molecule has 134 valence electrons. The molecule has 1 aliphatic rings. The maximum atomic E-state index is 13.0. The molecule has 5 heteroatoms. The topological polar surface area (TPSA) is 45.5 Å². The van der Waals surface area contributed by atoms with Crippen LogP contribution in [0.15, 0.2) is 47.1 Å². The van der Waals surface area contributed by atoms with E-state index in [9.17, 15) is 9.18 Å². The molecule has 1 saturated heterocycles. The van der Waals surface area contributed by atoms with Crippen molar-refractivity contribution in [3.8, 4) is 0 Å². The number of aryl methyl sites for hydroxylation is 1. The SMILES string of the molecule is O=C(NCCCc1ccco1)C1CCCN(Cc2ccc(F)cc2)C1. The van der Waals surface area contributed by atoms with Gasteiger partial charge in [-0.25, -0.2) is 4.39 Å². The Morgan fingerprint density at radius 2 is 2.12 bits per heavy atom. The van der Waals surface area contributed by atoms with Crippen molar-refractivity contribution in [2.24, 2.45) is 5.92 Å². The molecule has 0 saturated carbocycles. The lowest BCUT2D eigenvalue weighted by molar-refractivity contribution is -0.126. The Kier molecular flexibility index (Phi) is 6.23. The number of likely N-dealkylation sites (tertiary alicyclic amines) is 1. The number of nitrogens with one attached hydrogen (secondary N) is 1. The second kappa shape index (κ2) is 8.81. The van der Waals surface area contributed by atoms with Crippen molar-refractivity contribution >= 4 is 5.91 Å². The highest BCUT2D eigenvalue weighted by molar-refractivity contribution is 5.78. The highest BCUT2D eigenvalue weighted by Crippen LogP contribution is 2.19. The first-order valence-corrected chi connectivity index (χ1v) is 8.97. The third-order valence-electron chi connectivity index (χ3n) is 4.68. The van der Waals surface area contributed by atoms with Crippen LogP contribution in [0.2, 0.25) is 0 Å². The van der Waals surface area contributed by atoms with Gasteiger partial charge in [0.15, 0.2) is 0 Å². The van der Waals surface area contributed by atoms with Crippen molar-refractivity contribution in [3.05, 3.63) is 59.8 Å². The number of nitrogens with zero attached hydrogens (tertiary/aromatic N) is 1. The zero-order valence-corrected chi connectivity index (χ0v) is 14.4. The van der Waals surface area contributed by atoms with Gasteiger partial charge >= 0.3 is 0 Å². The van der Waals surface area contributed by atoms with Crippen LogP contribution < -0.4 is 5.32 Å². The molecule has 1 N–H and O–H groups in total. The van der Waals surface area contributed by atoms with Crippen LogP contribution in [0.25, 0.3) is 0 Å². The zero-order chi connectivity index (χ0) is 17.5. The van der Waals surface area contributed by atoms with Crippen LogP contribution in [-0.2, 0) is 17.8 Å². The van der Waals surface area contributed by atoms with Crippen LogP contribution >= 0.6 is 0 Å². The molecule has 0 radical (unpaired) electrons. The van der Waals surface area contributed by atoms with Crippen LogP contribution in [0.1, 0.15) is 30.6 Å². The van der Waals surface area contributed by atoms with Gasteiger partial charge in [-0.1, -0.05) is 12.1 Å². The summed E-state index contributed by atoms with van der Waals surface area (Å²) in [5.41, 5.74) is 1.08. The van der Waals surface area contributed by atoms with Gasteiger partial charge in [-0.2, -0.15) is 0 Å². The van der Waals surface area contributed by atoms with E-state index < -0.39 is 0 Å². The lowest BCUT2D eigenvalue weighted by atomic mass is 9.96. The molecular formula is C20H25FN2O2. The summed E-state index contributed by atoms with van der Waals surface area (Å²) in [7, 11) is 0. The Morgan fingerprint density at radius 3 is 2.88 bits per heavy atom. The lowest BCUT2D eigenvalue weighted by Crippen LogP contribution is -2.42. The minimum atomic E-state index is -0.214. The number of halogens is 1. The molecule has 1 atom stereocenters. The summed E-state index contributed by atoms with van der Waals surface area (Å²) in [5, 5.41) is 3.05. The molecule has 1 unspecified atom stereocenters. The Bertz CT molecular complexity index is 655. The number of carbonyl (C=O) groups excluding carboxylic acids is 1. The maximum Gasteiger partial charge on any atom is 0.224 e. The van der Waals surface area contributed by atoms with Crippen molar-refractivity contribution in [1.82, 2.24) is 10.2 Å². The summed E-state index contributed by atoms with van der Waals surface area (Å²) >= 11 is 0. The fourth-order valence-corrected chi connectivity index (χ4v) is 3.33. The number of carbonyl (C=O) groups is 1. The molecule has 3 rings (SSSR count). The van der Waals surface area contributed by atoms with E-state index in [-0.39, 0.29) is 17.6 Å². The number of furan rings is 1. The van der Waals surface area contributed by atoms with Crippen LogP contribution in [0.5, 0.6) is 0 Å². The first-order chi connectivity index (χ1) is 12.2.